The summed E-state index contributed by atoms with van der Waals surface area (Å²) in [6.07, 6.45) is 1.12. The van der Waals surface area contributed by atoms with Gasteiger partial charge in [0.1, 0.15) is 5.60 Å². The van der Waals surface area contributed by atoms with Crippen molar-refractivity contribution in [3.8, 4) is 0 Å². The maximum atomic E-state index is 12.3. The summed E-state index contributed by atoms with van der Waals surface area (Å²) in [5.41, 5.74) is 0.00828. The highest BCUT2D eigenvalue weighted by Crippen LogP contribution is 2.15. The van der Waals surface area contributed by atoms with Gasteiger partial charge in [0.2, 0.25) is 5.78 Å². The molecule has 0 heterocycles. The number of ether oxygens (including phenoxy) is 1. The molecule has 0 atom stereocenters. The van der Waals surface area contributed by atoms with Crippen LogP contribution in [0.1, 0.15) is 33.3 Å². The van der Waals surface area contributed by atoms with Crippen LogP contribution in [0, 0.1) is 0 Å². The lowest BCUT2D eigenvalue weighted by Crippen LogP contribution is -2.43. The Balaban J connectivity index is 3.04. The van der Waals surface area contributed by atoms with Crippen LogP contribution in [0.3, 0.4) is 0 Å². The second-order valence-electron chi connectivity index (χ2n) is 8.00. The van der Waals surface area contributed by atoms with Gasteiger partial charge in [0.15, 0.2) is 0 Å². The molecule has 1 aromatic carbocycles. The maximum absolute atomic E-state index is 12.3. The Morgan fingerprint density at radius 3 is 2.12 bits per heavy atom. The van der Waals surface area contributed by atoms with Crippen LogP contribution < -0.4 is 5.19 Å². The predicted molar refractivity (Wildman–Crippen MR) is 106 cm³/mol. The fraction of sp³-hybridized carbons (Fsp3) is 0.450. The molecule has 0 aliphatic heterocycles. The van der Waals surface area contributed by atoms with Crippen molar-refractivity contribution in [1.82, 2.24) is 4.90 Å². The lowest BCUT2D eigenvalue weighted by Gasteiger charge is -2.26. The second kappa shape index (κ2) is 8.45. The fourth-order valence-electron chi connectivity index (χ4n) is 2.45. The molecule has 6 heteroatoms. The zero-order chi connectivity index (χ0) is 20.1. The molecule has 0 bridgehead atoms. The first-order valence-electron chi connectivity index (χ1n) is 8.63. The molecule has 1 aromatic rings. The summed E-state index contributed by atoms with van der Waals surface area (Å²) < 4.78 is 5.26. The van der Waals surface area contributed by atoms with Crippen LogP contribution in [-0.2, 0) is 20.9 Å². The van der Waals surface area contributed by atoms with E-state index in [1.807, 2.05) is 30.3 Å². The van der Waals surface area contributed by atoms with E-state index in [9.17, 15) is 14.4 Å². The summed E-state index contributed by atoms with van der Waals surface area (Å²) in [5.74, 6) is -1.57. The highest BCUT2D eigenvalue weighted by Gasteiger charge is 2.30. The Morgan fingerprint density at radius 1 is 1.15 bits per heavy atom. The number of nitrogens with zero attached hydrogens (tertiary/aromatic N) is 1. The highest BCUT2D eigenvalue weighted by molar-refractivity contribution is 6.90. The molecular formula is C20H29NO4Si. The first-order valence-corrected chi connectivity index (χ1v) is 11.8. The van der Waals surface area contributed by atoms with Gasteiger partial charge in [-0.1, -0.05) is 48.6 Å². The van der Waals surface area contributed by atoms with E-state index in [1.54, 1.807) is 20.8 Å². The Hall–Kier alpha value is -2.21. The average Bonchev–Trinajstić information content (AvgIpc) is 2.50. The van der Waals surface area contributed by atoms with E-state index in [1.165, 1.54) is 5.19 Å². The van der Waals surface area contributed by atoms with Crippen LogP contribution in [-0.4, -0.2) is 36.4 Å². The molecule has 0 saturated carbocycles. The molecule has 1 rings (SSSR count). The first-order chi connectivity index (χ1) is 11.9. The van der Waals surface area contributed by atoms with Crippen LogP contribution in [0.5, 0.6) is 0 Å². The van der Waals surface area contributed by atoms with Crippen molar-refractivity contribution in [2.45, 2.75) is 59.0 Å². The highest BCUT2D eigenvalue weighted by atomic mass is 28.3. The summed E-state index contributed by atoms with van der Waals surface area (Å²) in [6, 6.07) is 8.79. The topological polar surface area (TPSA) is 63.7 Å². The zero-order valence-corrected chi connectivity index (χ0v) is 17.6. The third-order valence-corrected chi connectivity index (χ3v) is 7.10. The molecular weight excluding hydrogens is 346 g/mol. The van der Waals surface area contributed by atoms with E-state index in [-0.39, 0.29) is 6.54 Å². The second-order valence-corrected chi connectivity index (χ2v) is 12.8. The Morgan fingerprint density at radius 2 is 1.69 bits per heavy atom. The minimum atomic E-state index is -1.58. The quantitative estimate of drug-likeness (QED) is 0.433. The Labute approximate surface area is 157 Å². The number of ketones is 1. The minimum absolute atomic E-state index is 0.00293. The normalized spacial score (nSPS) is 11.6. The number of amides is 2. The number of hydrogen-bond acceptors (Lipinski definition) is 4. The third-order valence-electron chi connectivity index (χ3n) is 3.89. The van der Waals surface area contributed by atoms with Gasteiger partial charge in [0, 0.05) is 6.92 Å². The van der Waals surface area contributed by atoms with E-state index in [4.69, 9.17) is 4.74 Å². The molecule has 0 spiro atoms. The number of carbonyl (C=O) groups is 3. The van der Waals surface area contributed by atoms with Crippen molar-refractivity contribution in [2.75, 3.05) is 0 Å². The minimum Gasteiger partial charge on any atom is -0.443 e. The van der Waals surface area contributed by atoms with E-state index in [2.05, 4.69) is 19.7 Å². The van der Waals surface area contributed by atoms with Gasteiger partial charge in [-0.15, -0.1) is 6.58 Å². The zero-order valence-electron chi connectivity index (χ0n) is 16.6. The van der Waals surface area contributed by atoms with E-state index in [0.717, 1.165) is 23.4 Å². The van der Waals surface area contributed by atoms with Crippen molar-refractivity contribution in [3.63, 3.8) is 0 Å². The number of imide groups is 1. The number of hydrogen-bond donors (Lipinski definition) is 0. The number of Topliss-reactive ketones (excluding diaryl/α,β-unsaturated/α-hetero) is 1. The molecule has 5 nitrogen and oxygen atoms in total. The number of allylic oxidation sites excluding steroid dienone is 1. The fourth-order valence-corrected chi connectivity index (χ4v) is 4.48. The Kier molecular flexibility index (Phi) is 7.09. The maximum Gasteiger partial charge on any atom is 0.417 e. The van der Waals surface area contributed by atoms with Crippen LogP contribution in [0.2, 0.25) is 19.1 Å². The van der Waals surface area contributed by atoms with E-state index >= 15 is 0 Å². The van der Waals surface area contributed by atoms with Crippen molar-refractivity contribution >= 4 is 31.0 Å². The molecule has 0 fully saturated rings. The number of benzene rings is 1. The molecule has 142 valence electrons. The van der Waals surface area contributed by atoms with Crippen LogP contribution in [0.25, 0.3) is 0 Å². The van der Waals surface area contributed by atoms with Gasteiger partial charge in [0.05, 0.1) is 14.6 Å². The van der Waals surface area contributed by atoms with E-state index < -0.39 is 31.5 Å². The number of rotatable bonds is 6. The molecule has 0 unspecified atom stereocenters. The van der Waals surface area contributed by atoms with Gasteiger partial charge in [-0.25, -0.2) is 9.69 Å². The van der Waals surface area contributed by atoms with Gasteiger partial charge in [-0.2, -0.15) is 0 Å². The van der Waals surface area contributed by atoms with Gasteiger partial charge >= 0.3 is 6.09 Å². The summed E-state index contributed by atoms with van der Waals surface area (Å²) in [6.45, 7) is 14.6. The third kappa shape index (κ3) is 6.26. The molecule has 0 aliphatic carbocycles. The summed E-state index contributed by atoms with van der Waals surface area (Å²) >= 11 is 0. The lowest BCUT2D eigenvalue weighted by atomic mass is 10.2. The van der Waals surface area contributed by atoms with Crippen molar-refractivity contribution < 1.29 is 19.1 Å². The molecule has 2 amide bonds. The van der Waals surface area contributed by atoms with Gasteiger partial charge in [-0.3, -0.25) is 9.59 Å². The Bertz CT molecular complexity index is 687. The first kappa shape index (κ1) is 21.8. The van der Waals surface area contributed by atoms with Gasteiger partial charge < -0.3 is 4.74 Å². The van der Waals surface area contributed by atoms with Crippen LogP contribution in [0.15, 0.2) is 36.9 Å². The standard InChI is InChI=1S/C20H29NO4Si/c1-8-13-26(6,7)17-11-9-16(10-12-17)14-21(18(23)15(2)22)19(24)25-20(3,4)5/h8-12H,1,13-14H2,2-7H3. The van der Waals surface area contributed by atoms with Crippen molar-refractivity contribution in [2.24, 2.45) is 0 Å². The molecule has 26 heavy (non-hydrogen) atoms. The van der Waals surface area contributed by atoms with Crippen LogP contribution >= 0.6 is 0 Å². The SMILES string of the molecule is C=CC[Si](C)(C)c1ccc(CN(C(=O)OC(C)(C)C)C(=O)C(C)=O)cc1. The summed E-state index contributed by atoms with van der Waals surface area (Å²) in [5, 5.41) is 1.27. The monoisotopic (exact) mass is 375 g/mol. The smallest absolute Gasteiger partial charge is 0.417 e. The molecule has 0 aliphatic rings. The largest absolute Gasteiger partial charge is 0.443 e. The molecule has 0 N–H and O–H groups in total. The molecule has 0 aromatic heterocycles. The van der Waals surface area contributed by atoms with Crippen molar-refractivity contribution in [3.05, 3.63) is 42.5 Å². The number of carbonyl (C=O) groups excluding carboxylic acids is 3. The lowest BCUT2D eigenvalue weighted by molar-refractivity contribution is -0.143. The van der Waals surface area contributed by atoms with Crippen molar-refractivity contribution in [1.29, 1.82) is 0 Å². The van der Waals surface area contributed by atoms with Crippen LogP contribution in [0.4, 0.5) is 4.79 Å². The van der Waals surface area contributed by atoms with Gasteiger partial charge in [-0.05, 0) is 32.4 Å². The summed E-state index contributed by atoms with van der Waals surface area (Å²) in [4.78, 5) is 36.9. The molecule has 0 radical (unpaired) electrons. The average molecular weight is 376 g/mol. The summed E-state index contributed by atoms with van der Waals surface area (Å²) in [7, 11) is -1.58. The predicted octanol–water partition coefficient (Wildman–Crippen LogP) is 3.64. The van der Waals surface area contributed by atoms with E-state index in [0.29, 0.717) is 0 Å². The van der Waals surface area contributed by atoms with Gasteiger partial charge in [0.25, 0.3) is 5.91 Å². The molecule has 0 saturated heterocycles.